The number of nitrogens with zero attached hydrogens (tertiary/aromatic N) is 1. The molecular weight excluding hydrogens is 304 g/mol. The van der Waals surface area contributed by atoms with Gasteiger partial charge in [0.15, 0.2) is 11.5 Å². The number of piperidine rings is 1. The van der Waals surface area contributed by atoms with Gasteiger partial charge in [-0.15, -0.1) is 0 Å². The second kappa shape index (κ2) is 6.85. The number of methoxy groups -OCH3 is 2. The molecule has 0 aromatic heterocycles. The Labute approximate surface area is 132 Å². The molecule has 1 aromatic rings. The Bertz CT molecular complexity index is 608. The van der Waals surface area contributed by atoms with E-state index in [0.29, 0.717) is 30.5 Å². The number of ether oxygens (including phenoxy) is 2. The van der Waals surface area contributed by atoms with E-state index in [4.69, 9.17) is 15.2 Å². The van der Waals surface area contributed by atoms with E-state index in [0.717, 1.165) is 12.8 Å². The lowest BCUT2D eigenvalue weighted by molar-refractivity contribution is 0.250. The molecule has 2 rings (SSSR count). The summed E-state index contributed by atoms with van der Waals surface area (Å²) >= 11 is 0. The lowest BCUT2D eigenvalue weighted by atomic mass is 9.92. The van der Waals surface area contributed by atoms with Crippen LogP contribution in [0.3, 0.4) is 0 Å². The number of nitrogens with two attached hydrogens (primary N) is 1. The molecule has 124 valence electrons. The van der Waals surface area contributed by atoms with Crippen LogP contribution in [0.15, 0.2) is 23.1 Å². The fourth-order valence-corrected chi connectivity index (χ4v) is 4.25. The van der Waals surface area contributed by atoms with Gasteiger partial charge in [-0.05, 0) is 37.8 Å². The molecule has 0 bridgehead atoms. The zero-order chi connectivity index (χ0) is 16.3. The predicted octanol–water partition coefficient (Wildman–Crippen LogP) is 1.45. The van der Waals surface area contributed by atoms with Gasteiger partial charge in [-0.3, -0.25) is 0 Å². The van der Waals surface area contributed by atoms with Gasteiger partial charge >= 0.3 is 0 Å². The highest BCUT2D eigenvalue weighted by Crippen LogP contribution is 2.32. The Kier molecular flexibility index (Phi) is 5.31. The molecule has 22 heavy (non-hydrogen) atoms. The standard InChI is InChI=1S/C15H24N2O4S/c1-11(16)12-6-8-17(9-7-12)22(18,19)13-4-5-14(20-2)15(10-13)21-3/h4-5,10-12H,6-9,16H2,1-3H3. The minimum absolute atomic E-state index is 0.103. The van der Waals surface area contributed by atoms with E-state index in [9.17, 15) is 8.42 Å². The second-order valence-electron chi connectivity index (χ2n) is 5.62. The topological polar surface area (TPSA) is 81.9 Å². The number of sulfonamides is 1. The van der Waals surface area contributed by atoms with Crippen molar-refractivity contribution >= 4 is 10.0 Å². The first-order valence-corrected chi connectivity index (χ1v) is 8.82. The highest BCUT2D eigenvalue weighted by molar-refractivity contribution is 7.89. The molecule has 2 N–H and O–H groups in total. The third kappa shape index (κ3) is 3.37. The molecule has 1 saturated heterocycles. The van der Waals surface area contributed by atoms with Crippen LogP contribution in [0, 0.1) is 5.92 Å². The van der Waals surface area contributed by atoms with Crippen LogP contribution in [-0.2, 0) is 10.0 Å². The minimum atomic E-state index is -3.51. The van der Waals surface area contributed by atoms with Crippen molar-refractivity contribution < 1.29 is 17.9 Å². The summed E-state index contributed by atoms with van der Waals surface area (Å²) in [6.07, 6.45) is 1.59. The molecule has 0 aliphatic carbocycles. The van der Waals surface area contributed by atoms with Crippen molar-refractivity contribution in [1.82, 2.24) is 4.31 Å². The van der Waals surface area contributed by atoms with Crippen LogP contribution in [0.4, 0.5) is 0 Å². The summed E-state index contributed by atoms with van der Waals surface area (Å²) < 4.78 is 37.3. The van der Waals surface area contributed by atoms with Crippen molar-refractivity contribution in [2.45, 2.75) is 30.7 Å². The Hall–Kier alpha value is -1.31. The van der Waals surface area contributed by atoms with E-state index >= 15 is 0 Å². The zero-order valence-corrected chi connectivity index (χ0v) is 14.1. The Morgan fingerprint density at radius 1 is 1.18 bits per heavy atom. The third-order valence-electron chi connectivity index (χ3n) is 4.23. The molecule has 1 atom stereocenters. The monoisotopic (exact) mass is 328 g/mol. The van der Waals surface area contributed by atoms with Gasteiger partial charge in [0, 0.05) is 25.2 Å². The quantitative estimate of drug-likeness (QED) is 0.885. The molecular formula is C15H24N2O4S. The van der Waals surface area contributed by atoms with Gasteiger partial charge < -0.3 is 15.2 Å². The Morgan fingerprint density at radius 3 is 2.27 bits per heavy atom. The maximum atomic E-state index is 12.7. The highest BCUT2D eigenvalue weighted by atomic mass is 32.2. The average Bonchev–Trinajstić information content (AvgIpc) is 2.54. The van der Waals surface area contributed by atoms with E-state index in [2.05, 4.69) is 0 Å². The zero-order valence-electron chi connectivity index (χ0n) is 13.3. The van der Waals surface area contributed by atoms with Gasteiger partial charge in [-0.25, -0.2) is 8.42 Å². The first-order valence-electron chi connectivity index (χ1n) is 7.38. The third-order valence-corrected chi connectivity index (χ3v) is 6.13. The molecule has 0 radical (unpaired) electrons. The molecule has 1 heterocycles. The van der Waals surface area contributed by atoms with Crippen LogP contribution in [0.2, 0.25) is 0 Å². The molecule has 6 nitrogen and oxygen atoms in total. The van der Waals surface area contributed by atoms with Gasteiger partial charge in [-0.2, -0.15) is 4.31 Å². The first-order chi connectivity index (χ1) is 10.4. The maximum absolute atomic E-state index is 12.7. The van der Waals surface area contributed by atoms with E-state index < -0.39 is 10.0 Å². The summed E-state index contributed by atoms with van der Waals surface area (Å²) in [7, 11) is -0.505. The van der Waals surface area contributed by atoms with Gasteiger partial charge in [0.25, 0.3) is 0 Å². The van der Waals surface area contributed by atoms with Gasteiger partial charge in [0.2, 0.25) is 10.0 Å². The van der Waals surface area contributed by atoms with Crippen molar-refractivity contribution in [3.63, 3.8) is 0 Å². The molecule has 0 spiro atoms. The smallest absolute Gasteiger partial charge is 0.243 e. The molecule has 1 unspecified atom stereocenters. The van der Waals surface area contributed by atoms with E-state index in [1.165, 1.54) is 24.6 Å². The summed E-state index contributed by atoms with van der Waals surface area (Å²) in [5.41, 5.74) is 5.90. The molecule has 0 saturated carbocycles. The van der Waals surface area contributed by atoms with E-state index in [1.54, 1.807) is 12.1 Å². The number of hydrogen-bond acceptors (Lipinski definition) is 5. The average molecular weight is 328 g/mol. The number of rotatable bonds is 5. The van der Waals surface area contributed by atoms with Gasteiger partial charge in [-0.1, -0.05) is 0 Å². The first kappa shape index (κ1) is 17.1. The molecule has 0 amide bonds. The summed E-state index contributed by atoms with van der Waals surface area (Å²) in [6, 6.07) is 4.77. The van der Waals surface area contributed by atoms with Gasteiger partial charge in [0.05, 0.1) is 19.1 Å². The molecule has 1 aromatic carbocycles. The Morgan fingerprint density at radius 2 is 1.77 bits per heavy atom. The predicted molar refractivity (Wildman–Crippen MR) is 84.7 cm³/mol. The molecule has 7 heteroatoms. The van der Waals surface area contributed by atoms with Crippen LogP contribution in [0.25, 0.3) is 0 Å². The van der Waals surface area contributed by atoms with Crippen molar-refractivity contribution in [3.05, 3.63) is 18.2 Å². The maximum Gasteiger partial charge on any atom is 0.243 e. The van der Waals surface area contributed by atoms with Crippen molar-refractivity contribution in [1.29, 1.82) is 0 Å². The highest BCUT2D eigenvalue weighted by Gasteiger charge is 2.31. The lowest BCUT2D eigenvalue weighted by Crippen LogP contribution is -2.42. The molecule has 1 fully saturated rings. The van der Waals surface area contributed by atoms with E-state index in [-0.39, 0.29) is 10.9 Å². The fourth-order valence-electron chi connectivity index (χ4n) is 2.77. The normalized spacial score (nSPS) is 18.9. The fraction of sp³-hybridized carbons (Fsp3) is 0.600. The minimum Gasteiger partial charge on any atom is -0.493 e. The second-order valence-corrected chi connectivity index (χ2v) is 7.56. The van der Waals surface area contributed by atoms with Crippen molar-refractivity contribution in [3.8, 4) is 11.5 Å². The van der Waals surface area contributed by atoms with E-state index in [1.807, 2.05) is 6.92 Å². The lowest BCUT2D eigenvalue weighted by Gasteiger charge is -2.33. The van der Waals surface area contributed by atoms with Crippen LogP contribution < -0.4 is 15.2 Å². The summed E-state index contributed by atoms with van der Waals surface area (Å²) in [4.78, 5) is 0.226. The Balaban J connectivity index is 2.21. The number of hydrogen-bond donors (Lipinski definition) is 1. The summed E-state index contributed by atoms with van der Waals surface area (Å²) in [5, 5.41) is 0. The van der Waals surface area contributed by atoms with Crippen LogP contribution >= 0.6 is 0 Å². The van der Waals surface area contributed by atoms with Crippen molar-refractivity contribution in [2.75, 3.05) is 27.3 Å². The summed E-state index contributed by atoms with van der Waals surface area (Å²) in [6.45, 7) is 2.98. The largest absolute Gasteiger partial charge is 0.493 e. The molecule has 1 aliphatic heterocycles. The molecule has 1 aliphatic rings. The van der Waals surface area contributed by atoms with Crippen LogP contribution in [0.5, 0.6) is 11.5 Å². The SMILES string of the molecule is COc1ccc(S(=O)(=O)N2CCC(C(C)N)CC2)cc1OC. The van der Waals surface area contributed by atoms with Gasteiger partial charge in [0.1, 0.15) is 0 Å². The number of benzene rings is 1. The van der Waals surface area contributed by atoms with Crippen LogP contribution in [0.1, 0.15) is 19.8 Å². The van der Waals surface area contributed by atoms with Crippen molar-refractivity contribution in [2.24, 2.45) is 11.7 Å². The van der Waals surface area contributed by atoms with Crippen LogP contribution in [-0.4, -0.2) is 46.1 Å². The summed E-state index contributed by atoms with van der Waals surface area (Å²) in [5.74, 6) is 1.31.